The fourth-order valence-electron chi connectivity index (χ4n) is 4.31. The molecule has 0 bridgehead atoms. The highest BCUT2D eigenvalue weighted by molar-refractivity contribution is 7.91. The summed E-state index contributed by atoms with van der Waals surface area (Å²) in [7, 11) is -3.04. The Morgan fingerprint density at radius 2 is 1.93 bits per heavy atom. The molecular weight excluding hydrogens is 364 g/mol. The third kappa shape index (κ3) is 3.78. The van der Waals surface area contributed by atoms with E-state index >= 15 is 0 Å². The van der Waals surface area contributed by atoms with Gasteiger partial charge in [0.05, 0.1) is 17.4 Å². The van der Waals surface area contributed by atoms with Gasteiger partial charge in [0.25, 0.3) is 0 Å². The number of carbonyl (C=O) groups excluding carboxylic acids is 2. The SMILES string of the molecule is O=C(C1CC(=O)N(C2CCS(=O)(=O)C2)C1)N1CC=C(c2ccccc2)CC1. The van der Waals surface area contributed by atoms with Crippen molar-refractivity contribution in [2.45, 2.75) is 25.3 Å². The molecule has 27 heavy (non-hydrogen) atoms. The first kappa shape index (κ1) is 18.2. The molecule has 2 atom stereocenters. The summed E-state index contributed by atoms with van der Waals surface area (Å²) in [4.78, 5) is 28.7. The van der Waals surface area contributed by atoms with Crippen molar-refractivity contribution in [1.29, 1.82) is 0 Å². The van der Waals surface area contributed by atoms with Gasteiger partial charge in [-0.2, -0.15) is 0 Å². The van der Waals surface area contributed by atoms with Gasteiger partial charge < -0.3 is 9.80 Å². The Hall–Kier alpha value is -2.15. The molecule has 0 aromatic heterocycles. The average Bonchev–Trinajstić information content (AvgIpc) is 3.24. The van der Waals surface area contributed by atoms with Crippen LogP contribution in [-0.2, 0) is 19.4 Å². The second-order valence-corrected chi connectivity index (χ2v) is 9.86. The van der Waals surface area contributed by atoms with E-state index in [1.165, 1.54) is 11.1 Å². The van der Waals surface area contributed by atoms with Gasteiger partial charge in [0, 0.05) is 32.1 Å². The number of hydrogen-bond donors (Lipinski definition) is 0. The smallest absolute Gasteiger partial charge is 0.228 e. The van der Waals surface area contributed by atoms with Gasteiger partial charge in [-0.15, -0.1) is 0 Å². The third-order valence-corrected chi connectivity index (χ3v) is 7.57. The quantitative estimate of drug-likeness (QED) is 0.783. The zero-order valence-corrected chi connectivity index (χ0v) is 16.0. The van der Waals surface area contributed by atoms with Crippen LogP contribution in [-0.4, -0.2) is 67.2 Å². The minimum atomic E-state index is -3.04. The Balaban J connectivity index is 1.38. The molecule has 3 aliphatic rings. The van der Waals surface area contributed by atoms with E-state index in [2.05, 4.69) is 18.2 Å². The Labute approximate surface area is 159 Å². The molecule has 1 aromatic carbocycles. The van der Waals surface area contributed by atoms with Crippen molar-refractivity contribution in [3.63, 3.8) is 0 Å². The first-order chi connectivity index (χ1) is 12.9. The summed E-state index contributed by atoms with van der Waals surface area (Å²) in [5.41, 5.74) is 2.44. The fourth-order valence-corrected chi connectivity index (χ4v) is 6.04. The summed E-state index contributed by atoms with van der Waals surface area (Å²) in [6.07, 6.45) is 3.58. The van der Waals surface area contributed by atoms with Crippen molar-refractivity contribution in [3.05, 3.63) is 42.0 Å². The lowest BCUT2D eigenvalue weighted by Crippen LogP contribution is -2.41. The lowest BCUT2D eigenvalue weighted by Gasteiger charge is -2.29. The van der Waals surface area contributed by atoms with Crippen LogP contribution < -0.4 is 0 Å². The monoisotopic (exact) mass is 388 g/mol. The zero-order valence-electron chi connectivity index (χ0n) is 15.2. The predicted molar refractivity (Wildman–Crippen MR) is 102 cm³/mol. The topological polar surface area (TPSA) is 74.8 Å². The summed E-state index contributed by atoms with van der Waals surface area (Å²) in [6.45, 7) is 1.57. The number of benzene rings is 1. The summed E-state index contributed by atoms with van der Waals surface area (Å²) >= 11 is 0. The van der Waals surface area contributed by atoms with Crippen LogP contribution in [0.25, 0.3) is 5.57 Å². The minimum Gasteiger partial charge on any atom is -0.338 e. The molecule has 7 heteroatoms. The fraction of sp³-hybridized carbons (Fsp3) is 0.500. The van der Waals surface area contributed by atoms with Crippen LogP contribution in [0.15, 0.2) is 36.4 Å². The second kappa shape index (κ2) is 7.11. The lowest BCUT2D eigenvalue weighted by atomic mass is 9.98. The van der Waals surface area contributed by atoms with Crippen molar-refractivity contribution < 1.29 is 18.0 Å². The first-order valence-electron chi connectivity index (χ1n) is 9.46. The van der Waals surface area contributed by atoms with Crippen molar-refractivity contribution in [2.75, 3.05) is 31.1 Å². The highest BCUT2D eigenvalue weighted by atomic mass is 32.2. The van der Waals surface area contributed by atoms with Gasteiger partial charge in [0.1, 0.15) is 0 Å². The summed E-state index contributed by atoms with van der Waals surface area (Å²) in [5.74, 6) is -0.262. The van der Waals surface area contributed by atoms with Crippen molar-refractivity contribution >= 4 is 27.2 Å². The molecule has 2 amide bonds. The molecular formula is C20H24N2O4S. The molecule has 3 aliphatic heterocycles. The second-order valence-electron chi connectivity index (χ2n) is 7.63. The Kier molecular flexibility index (Phi) is 4.80. The Morgan fingerprint density at radius 3 is 2.56 bits per heavy atom. The molecule has 0 spiro atoms. The van der Waals surface area contributed by atoms with E-state index in [0.29, 0.717) is 26.1 Å². The van der Waals surface area contributed by atoms with E-state index in [-0.39, 0.29) is 41.7 Å². The van der Waals surface area contributed by atoms with Crippen molar-refractivity contribution in [3.8, 4) is 0 Å². The van der Waals surface area contributed by atoms with Crippen LogP contribution in [0.2, 0.25) is 0 Å². The predicted octanol–water partition coefficient (Wildman–Crippen LogP) is 1.34. The number of carbonyl (C=O) groups is 2. The van der Waals surface area contributed by atoms with Gasteiger partial charge in [0.15, 0.2) is 9.84 Å². The number of rotatable bonds is 3. The van der Waals surface area contributed by atoms with Crippen molar-refractivity contribution in [1.82, 2.24) is 9.80 Å². The van der Waals surface area contributed by atoms with Crippen molar-refractivity contribution in [2.24, 2.45) is 5.92 Å². The summed E-state index contributed by atoms with van der Waals surface area (Å²) < 4.78 is 23.4. The number of likely N-dealkylation sites (tertiary alicyclic amines) is 1. The molecule has 0 radical (unpaired) electrons. The van der Waals surface area contributed by atoms with Crippen LogP contribution in [0.5, 0.6) is 0 Å². The molecule has 4 rings (SSSR count). The molecule has 144 valence electrons. The van der Waals surface area contributed by atoms with Gasteiger partial charge in [-0.25, -0.2) is 8.42 Å². The average molecular weight is 388 g/mol. The van der Waals surface area contributed by atoms with E-state index in [4.69, 9.17) is 0 Å². The largest absolute Gasteiger partial charge is 0.338 e. The highest BCUT2D eigenvalue weighted by Crippen LogP contribution is 2.29. The maximum absolute atomic E-state index is 12.9. The van der Waals surface area contributed by atoms with Crippen LogP contribution in [0.3, 0.4) is 0 Å². The molecule has 0 saturated carbocycles. The maximum atomic E-state index is 12.9. The van der Waals surface area contributed by atoms with Gasteiger partial charge in [-0.1, -0.05) is 36.4 Å². The van der Waals surface area contributed by atoms with Gasteiger partial charge in [-0.05, 0) is 24.0 Å². The number of hydrogen-bond acceptors (Lipinski definition) is 4. The highest BCUT2D eigenvalue weighted by Gasteiger charge is 2.42. The number of nitrogens with zero attached hydrogens (tertiary/aromatic N) is 2. The van der Waals surface area contributed by atoms with Crippen LogP contribution in [0.1, 0.15) is 24.8 Å². The number of amides is 2. The number of sulfone groups is 1. The van der Waals surface area contributed by atoms with Crippen LogP contribution >= 0.6 is 0 Å². The minimum absolute atomic E-state index is 0.00932. The standard InChI is InChI=1S/C20H24N2O4S/c23-19-12-17(13-22(19)18-8-11-27(25,26)14-18)20(24)21-9-6-16(7-10-21)15-4-2-1-3-5-15/h1-6,17-18H,7-14H2. The van der Waals surface area contributed by atoms with E-state index in [1.807, 2.05) is 23.1 Å². The molecule has 0 aliphatic carbocycles. The normalized spacial score (nSPS) is 27.7. The molecule has 2 unspecified atom stereocenters. The van der Waals surface area contributed by atoms with E-state index in [0.717, 1.165) is 6.42 Å². The first-order valence-corrected chi connectivity index (χ1v) is 11.3. The van der Waals surface area contributed by atoms with Gasteiger partial charge in [-0.3, -0.25) is 9.59 Å². The molecule has 1 aromatic rings. The lowest BCUT2D eigenvalue weighted by molar-refractivity contribution is -0.135. The van der Waals surface area contributed by atoms with E-state index in [9.17, 15) is 18.0 Å². The summed E-state index contributed by atoms with van der Waals surface area (Å²) in [6, 6.07) is 9.90. The van der Waals surface area contributed by atoms with Gasteiger partial charge >= 0.3 is 0 Å². The van der Waals surface area contributed by atoms with E-state index < -0.39 is 9.84 Å². The molecule has 2 saturated heterocycles. The van der Waals surface area contributed by atoms with E-state index in [1.54, 1.807) is 4.90 Å². The Morgan fingerprint density at radius 1 is 1.15 bits per heavy atom. The molecule has 3 heterocycles. The molecule has 0 N–H and O–H groups in total. The Bertz CT molecular complexity index is 879. The van der Waals surface area contributed by atoms with Crippen LogP contribution in [0.4, 0.5) is 0 Å². The summed E-state index contributed by atoms with van der Waals surface area (Å²) in [5, 5.41) is 0. The van der Waals surface area contributed by atoms with Crippen LogP contribution in [0, 0.1) is 5.92 Å². The van der Waals surface area contributed by atoms with Gasteiger partial charge in [0.2, 0.25) is 11.8 Å². The maximum Gasteiger partial charge on any atom is 0.228 e. The molecule has 6 nitrogen and oxygen atoms in total. The third-order valence-electron chi connectivity index (χ3n) is 5.82. The zero-order chi connectivity index (χ0) is 19.0. The molecule has 2 fully saturated rings.